The normalized spacial score (nSPS) is 23.1. The zero-order valence-corrected chi connectivity index (χ0v) is 13.4. The number of carboxylic acids is 1. The van der Waals surface area contributed by atoms with Crippen LogP contribution in [0.4, 0.5) is 4.79 Å². The fraction of sp³-hybridized carbons (Fsp3) is 0.857. The number of carboxylic acid groups (broad SMARTS) is 1. The van der Waals surface area contributed by atoms with E-state index in [4.69, 9.17) is 5.11 Å². The minimum Gasteiger partial charge on any atom is -0.481 e. The highest BCUT2D eigenvalue weighted by molar-refractivity contribution is 7.99. The second kappa shape index (κ2) is 7.76. The van der Waals surface area contributed by atoms with Crippen LogP contribution in [0.5, 0.6) is 0 Å². The Kier molecular flexibility index (Phi) is 6.65. The van der Waals surface area contributed by atoms with E-state index in [1.807, 2.05) is 25.6 Å². The van der Waals surface area contributed by atoms with Crippen molar-refractivity contribution < 1.29 is 14.7 Å². The highest BCUT2D eigenvalue weighted by Crippen LogP contribution is 2.26. The van der Waals surface area contributed by atoms with Crippen molar-refractivity contribution in [3.8, 4) is 0 Å². The Balaban J connectivity index is 2.36. The number of hydrogen-bond donors (Lipinski definition) is 3. The van der Waals surface area contributed by atoms with E-state index in [1.165, 1.54) is 6.42 Å². The largest absolute Gasteiger partial charge is 0.481 e. The van der Waals surface area contributed by atoms with E-state index >= 15 is 0 Å². The van der Waals surface area contributed by atoms with Crippen LogP contribution in [0.15, 0.2) is 0 Å². The molecule has 0 bridgehead atoms. The first-order valence-corrected chi connectivity index (χ1v) is 8.44. The van der Waals surface area contributed by atoms with Gasteiger partial charge in [0, 0.05) is 23.3 Å². The Morgan fingerprint density at radius 3 is 2.65 bits per heavy atom. The van der Waals surface area contributed by atoms with Gasteiger partial charge in [-0.3, -0.25) is 4.79 Å². The highest BCUT2D eigenvalue weighted by atomic mass is 32.2. The first-order valence-electron chi connectivity index (χ1n) is 7.15. The molecular formula is C14H26N2O3S. The van der Waals surface area contributed by atoms with E-state index in [0.29, 0.717) is 11.7 Å². The van der Waals surface area contributed by atoms with Gasteiger partial charge in [-0.1, -0.05) is 6.42 Å². The van der Waals surface area contributed by atoms with Gasteiger partial charge in [0.15, 0.2) is 0 Å². The predicted molar refractivity (Wildman–Crippen MR) is 82.2 cm³/mol. The summed E-state index contributed by atoms with van der Waals surface area (Å²) in [6.45, 7) is 3.70. The summed E-state index contributed by atoms with van der Waals surface area (Å²) in [5.74, 6) is -0.838. The van der Waals surface area contributed by atoms with Crippen molar-refractivity contribution in [2.24, 2.45) is 0 Å². The van der Waals surface area contributed by atoms with Crippen molar-refractivity contribution >= 4 is 23.8 Å². The third-order valence-corrected chi connectivity index (χ3v) is 4.81. The van der Waals surface area contributed by atoms with Gasteiger partial charge < -0.3 is 15.7 Å². The molecule has 1 aliphatic rings. The molecule has 5 nitrogen and oxygen atoms in total. The number of rotatable bonds is 6. The number of urea groups is 1. The van der Waals surface area contributed by atoms with Gasteiger partial charge in [0.25, 0.3) is 0 Å². The predicted octanol–water partition coefficient (Wildman–Crippen LogP) is 2.60. The lowest BCUT2D eigenvalue weighted by Crippen LogP contribution is -2.52. The van der Waals surface area contributed by atoms with Crippen LogP contribution in [-0.4, -0.2) is 40.2 Å². The topological polar surface area (TPSA) is 78.4 Å². The van der Waals surface area contributed by atoms with Crippen LogP contribution in [-0.2, 0) is 4.79 Å². The van der Waals surface area contributed by atoms with Gasteiger partial charge in [0.2, 0.25) is 0 Å². The molecule has 0 radical (unpaired) electrons. The van der Waals surface area contributed by atoms with Crippen molar-refractivity contribution in [2.75, 3.05) is 6.26 Å². The van der Waals surface area contributed by atoms with Crippen LogP contribution in [0.2, 0.25) is 0 Å². The highest BCUT2D eigenvalue weighted by Gasteiger charge is 2.25. The van der Waals surface area contributed by atoms with Crippen molar-refractivity contribution in [3.63, 3.8) is 0 Å². The molecule has 1 rings (SSSR count). The quantitative estimate of drug-likeness (QED) is 0.704. The van der Waals surface area contributed by atoms with Gasteiger partial charge in [-0.15, -0.1) is 0 Å². The summed E-state index contributed by atoms with van der Waals surface area (Å²) in [5, 5.41) is 15.2. The van der Waals surface area contributed by atoms with Crippen molar-refractivity contribution in [1.29, 1.82) is 0 Å². The maximum absolute atomic E-state index is 12.0. The van der Waals surface area contributed by atoms with Crippen molar-refractivity contribution in [1.82, 2.24) is 10.6 Å². The molecule has 0 heterocycles. The van der Waals surface area contributed by atoms with Crippen molar-refractivity contribution in [3.05, 3.63) is 0 Å². The summed E-state index contributed by atoms with van der Waals surface area (Å²) >= 11 is 1.86. The molecular weight excluding hydrogens is 276 g/mol. The van der Waals surface area contributed by atoms with E-state index in [-0.39, 0.29) is 18.5 Å². The lowest BCUT2D eigenvalue weighted by Gasteiger charge is -2.31. The monoisotopic (exact) mass is 302 g/mol. The maximum Gasteiger partial charge on any atom is 0.315 e. The number of aliphatic carboxylic acids is 1. The van der Waals surface area contributed by atoms with Crippen LogP contribution in [0.3, 0.4) is 0 Å². The Morgan fingerprint density at radius 2 is 2.05 bits per heavy atom. The third-order valence-electron chi connectivity index (χ3n) is 3.71. The maximum atomic E-state index is 12.0. The van der Waals surface area contributed by atoms with Gasteiger partial charge in [0.1, 0.15) is 0 Å². The molecule has 2 atom stereocenters. The molecule has 0 aromatic rings. The van der Waals surface area contributed by atoms with E-state index < -0.39 is 11.5 Å². The number of carbonyl (C=O) groups excluding carboxylic acids is 1. The van der Waals surface area contributed by atoms with Crippen LogP contribution in [0.1, 0.15) is 52.4 Å². The van der Waals surface area contributed by atoms with Gasteiger partial charge in [0.05, 0.1) is 0 Å². The molecule has 1 saturated carbocycles. The number of carbonyl (C=O) groups is 2. The molecule has 0 aromatic carbocycles. The Labute approximate surface area is 125 Å². The minimum absolute atomic E-state index is 0.0608. The van der Waals surface area contributed by atoms with Gasteiger partial charge in [-0.2, -0.15) is 11.8 Å². The molecule has 2 amide bonds. The summed E-state index contributed by atoms with van der Waals surface area (Å²) in [4.78, 5) is 22.6. The second-order valence-corrected chi connectivity index (χ2v) is 7.24. The molecule has 2 unspecified atom stereocenters. The summed E-state index contributed by atoms with van der Waals surface area (Å²) in [6, 6.07) is 0.0450. The SMILES string of the molecule is CSC1CCCC(NC(=O)NC(C)(C)CCC(=O)O)C1. The molecule has 6 heteroatoms. The minimum atomic E-state index is -0.838. The summed E-state index contributed by atoms with van der Waals surface area (Å²) in [5.41, 5.74) is -0.504. The number of thioether (sulfide) groups is 1. The van der Waals surface area contributed by atoms with E-state index in [0.717, 1.165) is 19.3 Å². The zero-order valence-electron chi connectivity index (χ0n) is 12.6. The molecule has 116 valence electrons. The Hall–Kier alpha value is -0.910. The van der Waals surface area contributed by atoms with E-state index in [1.54, 1.807) is 0 Å². The smallest absolute Gasteiger partial charge is 0.315 e. The molecule has 1 fully saturated rings. The summed E-state index contributed by atoms with van der Waals surface area (Å²) < 4.78 is 0. The van der Waals surface area contributed by atoms with Gasteiger partial charge >= 0.3 is 12.0 Å². The summed E-state index contributed by atoms with van der Waals surface area (Å²) in [6.07, 6.45) is 7.02. The van der Waals surface area contributed by atoms with E-state index in [9.17, 15) is 9.59 Å². The fourth-order valence-electron chi connectivity index (χ4n) is 2.50. The standard InChI is InChI=1S/C14H26N2O3S/c1-14(2,8-7-12(17)18)16-13(19)15-10-5-4-6-11(9-10)20-3/h10-11H,4-9H2,1-3H3,(H,17,18)(H2,15,16,19). The lowest BCUT2D eigenvalue weighted by molar-refractivity contribution is -0.137. The van der Waals surface area contributed by atoms with Gasteiger partial charge in [-0.05, 0) is 45.8 Å². The first-order chi connectivity index (χ1) is 9.32. The molecule has 1 aliphatic carbocycles. The third kappa shape index (κ3) is 6.50. The molecule has 0 aromatic heterocycles. The van der Waals surface area contributed by atoms with Crippen LogP contribution in [0, 0.1) is 0 Å². The summed E-state index contributed by atoms with van der Waals surface area (Å²) in [7, 11) is 0. The molecule has 0 saturated heterocycles. The Morgan fingerprint density at radius 1 is 1.35 bits per heavy atom. The number of hydrogen-bond acceptors (Lipinski definition) is 3. The van der Waals surface area contributed by atoms with Crippen molar-refractivity contribution in [2.45, 2.75) is 69.2 Å². The second-order valence-electron chi connectivity index (χ2n) is 6.10. The van der Waals surface area contributed by atoms with Gasteiger partial charge in [-0.25, -0.2) is 4.79 Å². The number of nitrogens with one attached hydrogen (secondary N) is 2. The molecule has 20 heavy (non-hydrogen) atoms. The Bertz CT molecular complexity index is 347. The molecule has 0 spiro atoms. The molecule has 0 aliphatic heterocycles. The zero-order chi connectivity index (χ0) is 15.2. The van der Waals surface area contributed by atoms with E-state index in [2.05, 4.69) is 16.9 Å². The van der Waals surface area contributed by atoms with Crippen LogP contribution < -0.4 is 10.6 Å². The first kappa shape index (κ1) is 17.1. The average Bonchev–Trinajstić information content (AvgIpc) is 2.36. The number of amides is 2. The average molecular weight is 302 g/mol. The fourth-order valence-corrected chi connectivity index (χ4v) is 3.33. The molecule has 3 N–H and O–H groups in total. The van der Waals surface area contributed by atoms with Crippen LogP contribution in [0.25, 0.3) is 0 Å². The van der Waals surface area contributed by atoms with Crippen LogP contribution >= 0.6 is 11.8 Å². The lowest BCUT2D eigenvalue weighted by atomic mass is 9.95.